The van der Waals surface area contributed by atoms with Crippen molar-refractivity contribution in [3.8, 4) is 0 Å². The first kappa shape index (κ1) is 17.4. The SMILES string of the molecule is CCC(C)(C)c1ccc(S(=O)(=O)N2CCCC2COC)cc1. The van der Waals surface area contributed by atoms with E-state index in [1.807, 2.05) is 12.1 Å². The van der Waals surface area contributed by atoms with Crippen LogP contribution < -0.4 is 0 Å². The summed E-state index contributed by atoms with van der Waals surface area (Å²) in [6, 6.07) is 7.33. The zero-order valence-electron chi connectivity index (χ0n) is 14.0. The van der Waals surface area contributed by atoms with Crippen LogP contribution in [0.4, 0.5) is 0 Å². The van der Waals surface area contributed by atoms with E-state index in [0.29, 0.717) is 18.0 Å². The average Bonchev–Trinajstić information content (AvgIpc) is 2.97. The number of benzene rings is 1. The van der Waals surface area contributed by atoms with E-state index in [-0.39, 0.29) is 11.5 Å². The second-order valence-corrected chi connectivity index (χ2v) is 8.52. The fraction of sp³-hybridized carbons (Fsp3) is 0.647. The molecule has 0 spiro atoms. The molecule has 1 aromatic rings. The molecule has 0 amide bonds. The van der Waals surface area contributed by atoms with Crippen molar-refractivity contribution in [3.05, 3.63) is 29.8 Å². The number of ether oxygens (including phenoxy) is 1. The summed E-state index contributed by atoms with van der Waals surface area (Å²) in [5, 5.41) is 0. The van der Waals surface area contributed by atoms with Gasteiger partial charge < -0.3 is 4.74 Å². The van der Waals surface area contributed by atoms with Crippen LogP contribution in [0.3, 0.4) is 0 Å². The minimum absolute atomic E-state index is 0.0400. The first-order valence-corrected chi connectivity index (χ1v) is 9.38. The van der Waals surface area contributed by atoms with Crippen LogP contribution in [0.15, 0.2) is 29.2 Å². The summed E-state index contributed by atoms with van der Waals surface area (Å²) in [4.78, 5) is 0.381. The first-order valence-electron chi connectivity index (χ1n) is 7.94. The Balaban J connectivity index is 2.27. The molecule has 0 bridgehead atoms. The van der Waals surface area contributed by atoms with Crippen LogP contribution in [-0.4, -0.2) is 39.0 Å². The topological polar surface area (TPSA) is 46.6 Å². The minimum atomic E-state index is -3.43. The maximum absolute atomic E-state index is 12.8. The van der Waals surface area contributed by atoms with E-state index in [2.05, 4.69) is 20.8 Å². The lowest BCUT2D eigenvalue weighted by atomic mass is 9.82. The molecule has 1 saturated heterocycles. The highest BCUT2D eigenvalue weighted by Gasteiger charge is 2.35. The molecule has 1 fully saturated rings. The molecule has 1 heterocycles. The third-order valence-electron chi connectivity index (χ3n) is 4.81. The van der Waals surface area contributed by atoms with Crippen LogP contribution in [0, 0.1) is 0 Å². The molecule has 0 aliphatic carbocycles. The van der Waals surface area contributed by atoms with Crippen molar-refractivity contribution in [1.29, 1.82) is 0 Å². The third-order valence-corrected chi connectivity index (χ3v) is 6.77. The van der Waals surface area contributed by atoms with E-state index in [1.54, 1.807) is 23.5 Å². The summed E-state index contributed by atoms with van der Waals surface area (Å²) >= 11 is 0. The summed E-state index contributed by atoms with van der Waals surface area (Å²) in [7, 11) is -1.81. The quantitative estimate of drug-likeness (QED) is 0.807. The van der Waals surface area contributed by atoms with Crippen LogP contribution in [0.1, 0.15) is 45.6 Å². The fourth-order valence-electron chi connectivity index (χ4n) is 2.90. The molecular weight excluding hydrogens is 298 g/mol. The molecule has 4 nitrogen and oxygen atoms in total. The van der Waals surface area contributed by atoms with Crippen molar-refractivity contribution in [1.82, 2.24) is 4.31 Å². The van der Waals surface area contributed by atoms with Gasteiger partial charge >= 0.3 is 0 Å². The predicted octanol–water partition coefficient (Wildman–Crippen LogP) is 3.17. The van der Waals surface area contributed by atoms with E-state index in [0.717, 1.165) is 19.3 Å². The zero-order valence-corrected chi connectivity index (χ0v) is 14.8. The normalized spacial score (nSPS) is 20.5. The molecular formula is C17H27NO3S. The number of methoxy groups -OCH3 is 1. The summed E-state index contributed by atoms with van der Waals surface area (Å²) in [5.74, 6) is 0. The van der Waals surface area contributed by atoms with Crippen molar-refractivity contribution in [2.75, 3.05) is 20.3 Å². The Morgan fingerprint density at radius 1 is 1.27 bits per heavy atom. The third kappa shape index (κ3) is 3.36. The van der Waals surface area contributed by atoms with Crippen molar-refractivity contribution >= 4 is 10.0 Å². The van der Waals surface area contributed by atoms with Gasteiger partial charge in [-0.3, -0.25) is 0 Å². The Morgan fingerprint density at radius 3 is 2.45 bits per heavy atom. The molecule has 1 aliphatic heterocycles. The summed E-state index contributed by atoms with van der Waals surface area (Å²) < 4.78 is 32.4. The van der Waals surface area contributed by atoms with Gasteiger partial charge in [-0.1, -0.05) is 32.9 Å². The molecule has 1 unspecified atom stereocenters. The summed E-state index contributed by atoms with van der Waals surface area (Å²) in [5.41, 5.74) is 1.23. The Morgan fingerprint density at radius 2 is 1.91 bits per heavy atom. The lowest BCUT2D eigenvalue weighted by Crippen LogP contribution is -2.38. The molecule has 0 N–H and O–H groups in total. The number of nitrogens with zero attached hydrogens (tertiary/aromatic N) is 1. The van der Waals surface area contributed by atoms with Gasteiger partial charge in [0.25, 0.3) is 0 Å². The van der Waals surface area contributed by atoms with Crippen LogP contribution >= 0.6 is 0 Å². The zero-order chi connectivity index (χ0) is 16.4. The Kier molecular flexibility index (Phi) is 5.30. The van der Waals surface area contributed by atoms with E-state index in [4.69, 9.17) is 4.74 Å². The standard InChI is InChI=1S/C17H27NO3S/c1-5-17(2,3)14-8-10-16(11-9-14)22(19,20)18-12-6-7-15(18)13-21-4/h8-11,15H,5-7,12-13H2,1-4H3. The highest BCUT2D eigenvalue weighted by molar-refractivity contribution is 7.89. The highest BCUT2D eigenvalue weighted by Crippen LogP contribution is 2.30. The molecule has 22 heavy (non-hydrogen) atoms. The van der Waals surface area contributed by atoms with Gasteiger partial charge in [0.2, 0.25) is 10.0 Å². The van der Waals surface area contributed by atoms with Gasteiger partial charge in [-0.15, -0.1) is 0 Å². The van der Waals surface area contributed by atoms with Crippen LogP contribution in [0.5, 0.6) is 0 Å². The summed E-state index contributed by atoms with van der Waals surface area (Å²) in [6.45, 7) is 7.53. The van der Waals surface area contributed by atoms with Gasteiger partial charge in [0.05, 0.1) is 11.5 Å². The van der Waals surface area contributed by atoms with E-state index >= 15 is 0 Å². The molecule has 0 aromatic heterocycles. The van der Waals surface area contributed by atoms with Crippen molar-refractivity contribution in [2.24, 2.45) is 0 Å². The Bertz CT molecular complexity index is 593. The molecule has 124 valence electrons. The molecule has 2 rings (SSSR count). The predicted molar refractivity (Wildman–Crippen MR) is 88.5 cm³/mol. The lowest BCUT2D eigenvalue weighted by Gasteiger charge is -2.25. The second-order valence-electron chi connectivity index (χ2n) is 6.63. The Labute approximate surface area is 134 Å². The number of rotatable bonds is 6. The van der Waals surface area contributed by atoms with Gasteiger partial charge in [0.15, 0.2) is 0 Å². The number of hydrogen-bond acceptors (Lipinski definition) is 3. The molecule has 5 heteroatoms. The minimum Gasteiger partial charge on any atom is -0.383 e. The molecule has 1 atom stereocenters. The van der Waals surface area contributed by atoms with Crippen molar-refractivity contribution < 1.29 is 13.2 Å². The molecule has 1 aromatic carbocycles. The largest absolute Gasteiger partial charge is 0.383 e. The molecule has 0 radical (unpaired) electrons. The monoisotopic (exact) mass is 325 g/mol. The van der Waals surface area contributed by atoms with E-state index < -0.39 is 10.0 Å². The first-order chi connectivity index (χ1) is 10.3. The van der Waals surface area contributed by atoms with Gasteiger partial charge in [-0.05, 0) is 42.4 Å². The molecule has 1 aliphatic rings. The Hall–Kier alpha value is -0.910. The van der Waals surface area contributed by atoms with Crippen LogP contribution in [0.2, 0.25) is 0 Å². The lowest BCUT2D eigenvalue weighted by molar-refractivity contribution is 0.149. The van der Waals surface area contributed by atoms with Crippen LogP contribution in [0.25, 0.3) is 0 Å². The average molecular weight is 325 g/mol. The molecule has 0 saturated carbocycles. The van der Waals surface area contributed by atoms with E-state index in [9.17, 15) is 8.42 Å². The van der Waals surface area contributed by atoms with Crippen LogP contribution in [-0.2, 0) is 20.2 Å². The van der Waals surface area contributed by atoms with Gasteiger partial charge in [-0.25, -0.2) is 8.42 Å². The number of hydrogen-bond donors (Lipinski definition) is 0. The maximum Gasteiger partial charge on any atom is 0.243 e. The maximum atomic E-state index is 12.8. The van der Waals surface area contributed by atoms with Gasteiger partial charge in [0, 0.05) is 19.7 Å². The van der Waals surface area contributed by atoms with Gasteiger partial charge in [-0.2, -0.15) is 4.31 Å². The second kappa shape index (κ2) is 6.69. The van der Waals surface area contributed by atoms with E-state index in [1.165, 1.54) is 5.56 Å². The highest BCUT2D eigenvalue weighted by atomic mass is 32.2. The smallest absolute Gasteiger partial charge is 0.243 e. The number of sulfonamides is 1. The van der Waals surface area contributed by atoms with Crippen molar-refractivity contribution in [2.45, 2.75) is 56.4 Å². The summed E-state index contributed by atoms with van der Waals surface area (Å²) in [6.07, 6.45) is 2.78. The van der Waals surface area contributed by atoms with Gasteiger partial charge in [0.1, 0.15) is 0 Å². The van der Waals surface area contributed by atoms with Crippen molar-refractivity contribution in [3.63, 3.8) is 0 Å². The fourth-order valence-corrected chi connectivity index (χ4v) is 4.58.